The topological polar surface area (TPSA) is 26.0 Å². The maximum absolute atomic E-state index is 12.6. The number of hydrogen-bond donors (Lipinski definition) is 0. The molecule has 0 radical (unpaired) electrons. The van der Waals surface area contributed by atoms with Gasteiger partial charge in [0.05, 0.1) is 11.3 Å². The molecule has 0 aliphatic heterocycles. The van der Waals surface area contributed by atoms with Gasteiger partial charge in [-0.05, 0) is 25.1 Å². The SMILES string of the molecule is Cc1oc(-c2cccc(C(F)(F)F)c2)nc1CI. The normalized spacial score (nSPS) is 11.8. The molecular weight excluding hydrogens is 358 g/mol. The Morgan fingerprint density at radius 3 is 2.61 bits per heavy atom. The number of halogens is 4. The standard InChI is InChI=1S/C12H9F3INO/c1-7-10(6-16)17-11(18-7)8-3-2-4-9(5-8)12(13,14)15/h2-5H,6H2,1H3. The Hall–Kier alpha value is -1.05. The van der Waals surface area contributed by atoms with Gasteiger partial charge >= 0.3 is 6.18 Å². The molecule has 0 unspecified atom stereocenters. The molecule has 0 amide bonds. The van der Waals surface area contributed by atoms with Gasteiger partial charge in [0, 0.05) is 9.99 Å². The van der Waals surface area contributed by atoms with Crippen molar-refractivity contribution < 1.29 is 17.6 Å². The number of aryl methyl sites for hydroxylation is 1. The number of aromatic nitrogens is 1. The van der Waals surface area contributed by atoms with Crippen LogP contribution in [0.25, 0.3) is 11.5 Å². The smallest absolute Gasteiger partial charge is 0.416 e. The summed E-state index contributed by atoms with van der Waals surface area (Å²) in [5.74, 6) is 0.863. The van der Waals surface area contributed by atoms with Crippen molar-refractivity contribution in [1.82, 2.24) is 4.98 Å². The summed E-state index contributed by atoms with van der Waals surface area (Å²) in [7, 11) is 0. The van der Waals surface area contributed by atoms with Gasteiger partial charge in [0.2, 0.25) is 5.89 Å². The Morgan fingerprint density at radius 2 is 2.06 bits per heavy atom. The number of rotatable bonds is 2. The van der Waals surface area contributed by atoms with Crippen LogP contribution in [0.15, 0.2) is 28.7 Å². The highest BCUT2D eigenvalue weighted by atomic mass is 127. The lowest BCUT2D eigenvalue weighted by Gasteiger charge is -2.06. The third-order valence-electron chi connectivity index (χ3n) is 2.46. The minimum Gasteiger partial charge on any atom is -0.441 e. The van der Waals surface area contributed by atoms with E-state index >= 15 is 0 Å². The van der Waals surface area contributed by atoms with Gasteiger partial charge in [0.25, 0.3) is 0 Å². The van der Waals surface area contributed by atoms with E-state index in [9.17, 15) is 13.2 Å². The highest BCUT2D eigenvalue weighted by Crippen LogP contribution is 2.32. The summed E-state index contributed by atoms with van der Waals surface area (Å²) >= 11 is 2.13. The molecule has 6 heteroatoms. The van der Waals surface area contributed by atoms with Crippen LogP contribution in [0.3, 0.4) is 0 Å². The van der Waals surface area contributed by atoms with Crippen molar-refractivity contribution in [2.75, 3.05) is 0 Å². The highest BCUT2D eigenvalue weighted by Gasteiger charge is 2.30. The zero-order chi connectivity index (χ0) is 13.3. The van der Waals surface area contributed by atoms with Crippen LogP contribution in [0.2, 0.25) is 0 Å². The number of oxazole rings is 1. The summed E-state index contributed by atoms with van der Waals surface area (Å²) in [6.45, 7) is 1.75. The molecular formula is C12H9F3INO. The summed E-state index contributed by atoms with van der Waals surface area (Å²) in [6.07, 6.45) is -4.36. The molecule has 18 heavy (non-hydrogen) atoms. The summed E-state index contributed by atoms with van der Waals surface area (Å²) in [4.78, 5) is 4.18. The Bertz CT molecular complexity index is 563. The van der Waals surface area contributed by atoms with E-state index in [4.69, 9.17) is 4.42 Å². The maximum Gasteiger partial charge on any atom is 0.416 e. The second kappa shape index (κ2) is 4.91. The molecule has 2 aromatic rings. The van der Waals surface area contributed by atoms with Crippen LogP contribution in [0.1, 0.15) is 17.0 Å². The highest BCUT2D eigenvalue weighted by molar-refractivity contribution is 14.1. The molecule has 0 spiro atoms. The summed E-state index contributed by atoms with van der Waals surface area (Å²) < 4.78 is 43.8. The quantitative estimate of drug-likeness (QED) is 0.573. The summed E-state index contributed by atoms with van der Waals surface area (Å²) in [5, 5.41) is 0. The lowest BCUT2D eigenvalue weighted by atomic mass is 10.1. The van der Waals surface area contributed by atoms with Gasteiger partial charge in [0.15, 0.2) is 0 Å². The molecule has 0 N–H and O–H groups in total. The fourth-order valence-corrected chi connectivity index (χ4v) is 2.21. The zero-order valence-corrected chi connectivity index (χ0v) is 11.5. The van der Waals surface area contributed by atoms with Crippen LogP contribution < -0.4 is 0 Å². The van der Waals surface area contributed by atoms with Gasteiger partial charge in [-0.3, -0.25) is 0 Å². The molecule has 0 fully saturated rings. The second-order valence-corrected chi connectivity index (χ2v) is 4.50. The van der Waals surface area contributed by atoms with Crippen LogP contribution in [-0.2, 0) is 10.6 Å². The van der Waals surface area contributed by atoms with Crippen LogP contribution in [0.5, 0.6) is 0 Å². The number of benzene rings is 1. The average Bonchev–Trinajstić information content (AvgIpc) is 2.70. The fourth-order valence-electron chi connectivity index (χ4n) is 1.50. The molecule has 0 aliphatic carbocycles. The molecule has 2 nitrogen and oxygen atoms in total. The number of hydrogen-bond acceptors (Lipinski definition) is 2. The first kappa shape index (κ1) is 13.4. The van der Waals surface area contributed by atoms with Crippen LogP contribution in [-0.4, -0.2) is 4.98 Å². The Kier molecular flexibility index (Phi) is 3.65. The first-order chi connectivity index (χ1) is 8.41. The monoisotopic (exact) mass is 367 g/mol. The van der Waals surface area contributed by atoms with E-state index in [2.05, 4.69) is 27.6 Å². The van der Waals surface area contributed by atoms with Crippen LogP contribution in [0.4, 0.5) is 13.2 Å². The van der Waals surface area contributed by atoms with E-state index in [1.54, 1.807) is 13.0 Å². The van der Waals surface area contributed by atoms with Crippen LogP contribution in [0, 0.1) is 6.92 Å². The number of nitrogens with zero attached hydrogens (tertiary/aromatic N) is 1. The van der Waals surface area contributed by atoms with E-state index < -0.39 is 11.7 Å². The van der Waals surface area contributed by atoms with E-state index in [1.807, 2.05) is 0 Å². The molecule has 0 saturated heterocycles. The van der Waals surface area contributed by atoms with Crippen molar-refractivity contribution in [3.63, 3.8) is 0 Å². The lowest BCUT2D eigenvalue weighted by Crippen LogP contribution is -2.04. The van der Waals surface area contributed by atoms with Crippen molar-refractivity contribution in [2.45, 2.75) is 17.5 Å². The molecule has 0 saturated carbocycles. The average molecular weight is 367 g/mol. The van der Waals surface area contributed by atoms with E-state index in [0.717, 1.165) is 17.8 Å². The van der Waals surface area contributed by atoms with E-state index in [0.29, 0.717) is 15.8 Å². The maximum atomic E-state index is 12.6. The van der Waals surface area contributed by atoms with Crippen molar-refractivity contribution in [3.05, 3.63) is 41.3 Å². The predicted octanol–water partition coefficient (Wildman–Crippen LogP) is 4.60. The van der Waals surface area contributed by atoms with Crippen molar-refractivity contribution >= 4 is 22.6 Å². The first-order valence-corrected chi connectivity index (χ1v) is 6.64. The first-order valence-electron chi connectivity index (χ1n) is 5.11. The minimum atomic E-state index is -4.36. The minimum absolute atomic E-state index is 0.227. The molecule has 96 valence electrons. The van der Waals surface area contributed by atoms with Crippen molar-refractivity contribution in [2.24, 2.45) is 0 Å². The van der Waals surface area contributed by atoms with Gasteiger partial charge in [-0.25, -0.2) is 4.98 Å². The third kappa shape index (κ3) is 2.68. The summed E-state index contributed by atoms with van der Waals surface area (Å²) in [6, 6.07) is 4.97. The third-order valence-corrected chi connectivity index (χ3v) is 3.18. The van der Waals surface area contributed by atoms with Gasteiger partial charge in [-0.2, -0.15) is 13.2 Å². The Balaban J connectivity index is 2.44. The Morgan fingerprint density at radius 1 is 1.33 bits per heavy atom. The second-order valence-electron chi connectivity index (χ2n) is 3.73. The van der Waals surface area contributed by atoms with Crippen molar-refractivity contribution in [3.8, 4) is 11.5 Å². The van der Waals surface area contributed by atoms with Gasteiger partial charge < -0.3 is 4.42 Å². The van der Waals surface area contributed by atoms with Gasteiger partial charge in [-0.15, -0.1) is 0 Å². The largest absolute Gasteiger partial charge is 0.441 e. The lowest BCUT2D eigenvalue weighted by molar-refractivity contribution is -0.137. The van der Waals surface area contributed by atoms with Crippen molar-refractivity contribution in [1.29, 1.82) is 0 Å². The van der Waals surface area contributed by atoms with Crippen LogP contribution >= 0.6 is 22.6 Å². The molecule has 2 rings (SSSR count). The van der Waals surface area contributed by atoms with E-state index in [1.165, 1.54) is 6.07 Å². The molecule has 1 aromatic carbocycles. The fraction of sp³-hybridized carbons (Fsp3) is 0.250. The Labute approximate surface area is 115 Å². The zero-order valence-electron chi connectivity index (χ0n) is 9.38. The number of alkyl halides is 4. The summed E-state index contributed by atoms with van der Waals surface area (Å²) in [5.41, 5.74) is 0.388. The molecule has 0 aliphatic rings. The van der Waals surface area contributed by atoms with E-state index in [-0.39, 0.29) is 5.89 Å². The molecule has 1 aromatic heterocycles. The van der Waals surface area contributed by atoms with Gasteiger partial charge in [0.1, 0.15) is 5.76 Å². The molecule has 1 heterocycles. The predicted molar refractivity (Wildman–Crippen MR) is 69.4 cm³/mol. The van der Waals surface area contributed by atoms with Gasteiger partial charge in [-0.1, -0.05) is 28.7 Å². The molecule has 0 bridgehead atoms. The molecule has 0 atom stereocenters.